The van der Waals surface area contributed by atoms with Gasteiger partial charge in [0.15, 0.2) is 0 Å². The fourth-order valence-corrected chi connectivity index (χ4v) is 2.64. The molecule has 23 heavy (non-hydrogen) atoms. The van der Waals surface area contributed by atoms with E-state index in [1.807, 2.05) is 36.4 Å². The Balaban J connectivity index is 2.08. The van der Waals surface area contributed by atoms with Gasteiger partial charge in [-0.2, -0.15) is 0 Å². The first kappa shape index (κ1) is 17.2. The number of hydrogen-bond acceptors (Lipinski definition) is 4. The maximum atomic E-state index is 10.6. The Morgan fingerprint density at radius 1 is 1.04 bits per heavy atom. The predicted octanol–water partition coefficient (Wildman–Crippen LogP) is 3.65. The van der Waals surface area contributed by atoms with Crippen LogP contribution in [0.15, 0.2) is 48.5 Å². The summed E-state index contributed by atoms with van der Waals surface area (Å²) in [7, 11) is 3.23. The van der Waals surface area contributed by atoms with Crippen LogP contribution in [0.1, 0.15) is 25.0 Å². The lowest BCUT2D eigenvalue weighted by atomic mass is 10.0. The number of anilines is 1. The van der Waals surface area contributed by atoms with Gasteiger partial charge in [-0.3, -0.25) is 0 Å². The maximum absolute atomic E-state index is 10.6. The van der Waals surface area contributed by atoms with E-state index in [2.05, 4.69) is 24.0 Å². The molecule has 0 radical (unpaired) electrons. The van der Waals surface area contributed by atoms with Crippen LogP contribution < -0.4 is 14.4 Å². The van der Waals surface area contributed by atoms with Crippen LogP contribution in [-0.4, -0.2) is 32.4 Å². The van der Waals surface area contributed by atoms with Crippen LogP contribution in [-0.2, 0) is 0 Å². The van der Waals surface area contributed by atoms with E-state index in [4.69, 9.17) is 9.47 Å². The molecule has 0 saturated heterocycles. The Morgan fingerprint density at radius 3 is 2.39 bits per heavy atom. The van der Waals surface area contributed by atoms with E-state index in [9.17, 15) is 5.11 Å². The van der Waals surface area contributed by atoms with Crippen molar-refractivity contribution in [2.24, 2.45) is 0 Å². The van der Waals surface area contributed by atoms with Crippen LogP contribution >= 0.6 is 0 Å². The van der Waals surface area contributed by atoms with Gasteiger partial charge in [-0.15, -0.1) is 0 Å². The summed E-state index contributed by atoms with van der Waals surface area (Å²) in [6.07, 6.45) is 0.0181. The number of rotatable bonds is 8. The van der Waals surface area contributed by atoms with Gasteiger partial charge in [-0.05, 0) is 43.7 Å². The molecule has 0 spiro atoms. The second-order valence-electron chi connectivity index (χ2n) is 5.33. The molecule has 1 atom stereocenters. The summed E-state index contributed by atoms with van der Waals surface area (Å²) in [5.41, 5.74) is 1.93. The molecule has 2 aromatic rings. The van der Waals surface area contributed by atoms with E-state index < -0.39 is 6.10 Å². The van der Waals surface area contributed by atoms with Crippen LogP contribution in [0.3, 0.4) is 0 Å². The third-order valence-electron chi connectivity index (χ3n) is 3.97. The normalized spacial score (nSPS) is 11.8. The van der Waals surface area contributed by atoms with Crippen molar-refractivity contribution < 1.29 is 14.6 Å². The Bertz CT molecular complexity index is 601. The minimum Gasteiger partial charge on any atom is -0.497 e. The third kappa shape index (κ3) is 4.39. The number of methoxy groups -OCH3 is 2. The van der Waals surface area contributed by atoms with E-state index in [0.717, 1.165) is 24.4 Å². The average Bonchev–Trinajstić information content (AvgIpc) is 2.62. The number of aliphatic hydroxyl groups is 1. The molecule has 0 aliphatic heterocycles. The Labute approximate surface area is 138 Å². The second-order valence-corrected chi connectivity index (χ2v) is 5.33. The van der Waals surface area contributed by atoms with Crippen LogP contribution in [0.4, 0.5) is 5.69 Å². The number of para-hydroxylation sites is 1. The topological polar surface area (TPSA) is 41.9 Å². The lowest BCUT2D eigenvalue weighted by Crippen LogP contribution is -2.25. The van der Waals surface area contributed by atoms with Gasteiger partial charge >= 0.3 is 0 Å². The predicted molar refractivity (Wildman–Crippen MR) is 93.5 cm³/mol. The van der Waals surface area contributed by atoms with Gasteiger partial charge < -0.3 is 19.5 Å². The standard InChI is InChI=1S/C19H25NO3/c1-4-20(15-8-6-5-7-9-15)13-12-18(21)17-14-16(22-2)10-11-19(17)23-3/h5-11,14,18,21H,4,12-13H2,1-3H3. The third-order valence-corrected chi connectivity index (χ3v) is 3.97. The quantitative estimate of drug-likeness (QED) is 0.807. The van der Waals surface area contributed by atoms with Crippen molar-refractivity contribution in [3.63, 3.8) is 0 Å². The minimum absolute atomic E-state index is 0.599. The molecule has 0 aromatic heterocycles. The monoisotopic (exact) mass is 315 g/mol. The van der Waals surface area contributed by atoms with Crippen LogP contribution in [0, 0.1) is 0 Å². The molecule has 0 bridgehead atoms. The molecule has 0 saturated carbocycles. The molecule has 2 rings (SSSR count). The number of benzene rings is 2. The van der Waals surface area contributed by atoms with Crippen LogP contribution in [0.25, 0.3) is 0 Å². The van der Waals surface area contributed by atoms with E-state index in [-0.39, 0.29) is 0 Å². The van der Waals surface area contributed by atoms with Crippen molar-refractivity contribution in [3.05, 3.63) is 54.1 Å². The molecule has 1 N–H and O–H groups in total. The fraction of sp³-hybridized carbons (Fsp3) is 0.368. The zero-order valence-corrected chi connectivity index (χ0v) is 14.0. The summed E-state index contributed by atoms with van der Waals surface area (Å²) in [6, 6.07) is 15.7. The molecule has 0 aliphatic carbocycles. The van der Waals surface area contributed by atoms with E-state index in [0.29, 0.717) is 12.2 Å². The smallest absolute Gasteiger partial charge is 0.124 e. The molecule has 2 aromatic carbocycles. The van der Waals surface area contributed by atoms with Crippen LogP contribution in [0.2, 0.25) is 0 Å². The molecular formula is C19H25NO3. The molecule has 124 valence electrons. The maximum Gasteiger partial charge on any atom is 0.124 e. The zero-order valence-electron chi connectivity index (χ0n) is 14.0. The lowest BCUT2D eigenvalue weighted by molar-refractivity contribution is 0.165. The molecule has 0 fully saturated rings. The zero-order chi connectivity index (χ0) is 16.7. The van der Waals surface area contributed by atoms with Crippen molar-refractivity contribution in [3.8, 4) is 11.5 Å². The summed E-state index contributed by atoms with van der Waals surface area (Å²) in [6.45, 7) is 3.78. The average molecular weight is 315 g/mol. The van der Waals surface area contributed by atoms with Gasteiger partial charge in [0.25, 0.3) is 0 Å². The number of aliphatic hydroxyl groups excluding tert-OH is 1. The molecule has 0 heterocycles. The van der Waals surface area contributed by atoms with Gasteiger partial charge in [0, 0.05) is 24.3 Å². The van der Waals surface area contributed by atoms with Gasteiger partial charge in [0.05, 0.1) is 20.3 Å². The van der Waals surface area contributed by atoms with Crippen molar-refractivity contribution in [1.82, 2.24) is 0 Å². The number of nitrogens with zero attached hydrogens (tertiary/aromatic N) is 1. The van der Waals surface area contributed by atoms with E-state index in [1.54, 1.807) is 14.2 Å². The lowest BCUT2D eigenvalue weighted by Gasteiger charge is -2.25. The highest BCUT2D eigenvalue weighted by Crippen LogP contribution is 2.31. The second kappa shape index (κ2) is 8.44. The minimum atomic E-state index is -0.599. The largest absolute Gasteiger partial charge is 0.497 e. The van der Waals surface area contributed by atoms with Gasteiger partial charge in [-0.25, -0.2) is 0 Å². The Hall–Kier alpha value is -2.20. The van der Waals surface area contributed by atoms with E-state index in [1.165, 1.54) is 5.69 Å². The molecule has 4 heteroatoms. The van der Waals surface area contributed by atoms with Crippen molar-refractivity contribution >= 4 is 5.69 Å². The summed E-state index contributed by atoms with van der Waals surface area (Å²) >= 11 is 0. The molecule has 0 amide bonds. The summed E-state index contributed by atoms with van der Waals surface area (Å²) in [4.78, 5) is 2.25. The first-order valence-corrected chi connectivity index (χ1v) is 7.89. The highest BCUT2D eigenvalue weighted by Gasteiger charge is 2.16. The summed E-state index contributed by atoms with van der Waals surface area (Å²) in [5, 5.41) is 10.6. The highest BCUT2D eigenvalue weighted by atomic mass is 16.5. The number of hydrogen-bond donors (Lipinski definition) is 1. The van der Waals surface area contributed by atoms with Gasteiger partial charge in [0.2, 0.25) is 0 Å². The van der Waals surface area contributed by atoms with Gasteiger partial charge in [-0.1, -0.05) is 18.2 Å². The number of ether oxygens (including phenoxy) is 2. The molecular weight excluding hydrogens is 290 g/mol. The van der Waals surface area contributed by atoms with Crippen molar-refractivity contribution in [2.45, 2.75) is 19.4 Å². The molecule has 1 unspecified atom stereocenters. The van der Waals surface area contributed by atoms with E-state index >= 15 is 0 Å². The highest BCUT2D eigenvalue weighted by molar-refractivity contribution is 5.46. The SMILES string of the molecule is CCN(CCC(O)c1cc(OC)ccc1OC)c1ccccc1. The van der Waals surface area contributed by atoms with Crippen molar-refractivity contribution in [1.29, 1.82) is 0 Å². The van der Waals surface area contributed by atoms with Crippen molar-refractivity contribution in [2.75, 3.05) is 32.2 Å². The molecule has 4 nitrogen and oxygen atoms in total. The summed E-state index contributed by atoms with van der Waals surface area (Å²) in [5.74, 6) is 1.40. The first-order valence-electron chi connectivity index (χ1n) is 7.89. The fourth-order valence-electron chi connectivity index (χ4n) is 2.64. The van der Waals surface area contributed by atoms with Crippen LogP contribution in [0.5, 0.6) is 11.5 Å². The Kier molecular flexibility index (Phi) is 6.29. The first-order chi connectivity index (χ1) is 11.2. The molecule has 0 aliphatic rings. The van der Waals surface area contributed by atoms with Gasteiger partial charge in [0.1, 0.15) is 11.5 Å². The Morgan fingerprint density at radius 2 is 1.78 bits per heavy atom. The summed E-state index contributed by atoms with van der Waals surface area (Å²) < 4.78 is 10.6.